The second-order valence-corrected chi connectivity index (χ2v) is 4.56. The van der Waals surface area contributed by atoms with Crippen LogP contribution in [0.2, 0.25) is 0 Å². The highest BCUT2D eigenvalue weighted by atomic mass is 16.5. The average molecular weight is 242 g/mol. The predicted octanol–water partition coefficient (Wildman–Crippen LogP) is 3.64. The van der Waals surface area contributed by atoms with Crippen molar-refractivity contribution in [3.8, 4) is 5.75 Å². The summed E-state index contributed by atoms with van der Waals surface area (Å²) in [6, 6.07) is 8.01. The average Bonchev–Trinajstić information content (AvgIpc) is 2.38. The third kappa shape index (κ3) is 2.89. The number of carbonyl (C=O) groups is 1. The summed E-state index contributed by atoms with van der Waals surface area (Å²) in [5.74, 6) is 1.36. The maximum atomic E-state index is 11.7. The first-order valence-corrected chi connectivity index (χ1v) is 6.23. The van der Waals surface area contributed by atoms with Crippen LogP contribution in [0, 0.1) is 0 Å². The lowest BCUT2D eigenvalue weighted by Gasteiger charge is -2.21. The van der Waals surface area contributed by atoms with Gasteiger partial charge in [-0.1, -0.05) is 24.3 Å². The summed E-state index contributed by atoms with van der Waals surface area (Å²) in [4.78, 5) is 11.7. The monoisotopic (exact) mass is 242 g/mol. The van der Waals surface area contributed by atoms with E-state index in [1.165, 1.54) is 5.56 Å². The molecule has 0 aromatic heterocycles. The summed E-state index contributed by atoms with van der Waals surface area (Å²) in [5, 5.41) is 0. The molecule has 0 saturated carbocycles. The van der Waals surface area contributed by atoms with Crippen LogP contribution in [0.3, 0.4) is 0 Å². The van der Waals surface area contributed by atoms with E-state index in [9.17, 15) is 4.79 Å². The van der Waals surface area contributed by atoms with E-state index in [1.54, 1.807) is 13.2 Å². The summed E-state index contributed by atoms with van der Waals surface area (Å²) in [6.45, 7) is 1.97. The SMILES string of the molecule is C/C=C/C1=CC(=O)C[C@H](c2ccc(OC)cc2)C1. The Labute approximate surface area is 108 Å². The lowest BCUT2D eigenvalue weighted by molar-refractivity contribution is -0.115. The Bertz CT molecular complexity index is 480. The zero-order valence-corrected chi connectivity index (χ0v) is 10.8. The largest absolute Gasteiger partial charge is 0.497 e. The number of benzene rings is 1. The van der Waals surface area contributed by atoms with Gasteiger partial charge in [-0.2, -0.15) is 0 Å². The Morgan fingerprint density at radius 1 is 1.22 bits per heavy atom. The molecule has 0 fully saturated rings. The van der Waals surface area contributed by atoms with Gasteiger partial charge in [0.25, 0.3) is 0 Å². The lowest BCUT2D eigenvalue weighted by atomic mass is 9.83. The fraction of sp³-hybridized carbons (Fsp3) is 0.312. The Balaban J connectivity index is 2.18. The first-order chi connectivity index (χ1) is 8.72. The van der Waals surface area contributed by atoms with Crippen LogP contribution in [0.15, 0.2) is 48.1 Å². The minimum Gasteiger partial charge on any atom is -0.497 e. The number of ether oxygens (including phenoxy) is 1. The van der Waals surface area contributed by atoms with Crippen molar-refractivity contribution < 1.29 is 9.53 Å². The minimum atomic E-state index is 0.218. The molecule has 2 heteroatoms. The first-order valence-electron chi connectivity index (χ1n) is 6.23. The molecule has 2 rings (SSSR count). The zero-order valence-electron chi connectivity index (χ0n) is 10.8. The fourth-order valence-electron chi connectivity index (χ4n) is 2.37. The van der Waals surface area contributed by atoms with Gasteiger partial charge >= 0.3 is 0 Å². The molecule has 1 aromatic carbocycles. The van der Waals surface area contributed by atoms with Crippen LogP contribution in [-0.4, -0.2) is 12.9 Å². The van der Waals surface area contributed by atoms with E-state index in [4.69, 9.17) is 4.74 Å². The smallest absolute Gasteiger partial charge is 0.156 e. The molecule has 0 radical (unpaired) electrons. The van der Waals surface area contributed by atoms with Gasteiger partial charge < -0.3 is 4.74 Å². The summed E-state index contributed by atoms with van der Waals surface area (Å²) in [6.07, 6.45) is 7.30. The lowest BCUT2D eigenvalue weighted by Crippen LogP contribution is -2.12. The van der Waals surface area contributed by atoms with E-state index < -0.39 is 0 Å². The highest BCUT2D eigenvalue weighted by Gasteiger charge is 2.20. The van der Waals surface area contributed by atoms with Gasteiger partial charge in [-0.05, 0) is 48.6 Å². The molecule has 0 bridgehead atoms. The Kier molecular flexibility index (Phi) is 3.98. The molecular weight excluding hydrogens is 224 g/mol. The summed E-state index contributed by atoms with van der Waals surface area (Å²) in [7, 11) is 1.66. The number of hydrogen-bond acceptors (Lipinski definition) is 2. The van der Waals surface area contributed by atoms with Crippen molar-refractivity contribution in [3.63, 3.8) is 0 Å². The predicted molar refractivity (Wildman–Crippen MR) is 72.9 cm³/mol. The van der Waals surface area contributed by atoms with Crippen LogP contribution in [0.1, 0.15) is 31.2 Å². The van der Waals surface area contributed by atoms with Crippen LogP contribution in [-0.2, 0) is 4.79 Å². The van der Waals surface area contributed by atoms with E-state index in [1.807, 2.05) is 31.2 Å². The van der Waals surface area contributed by atoms with Crippen LogP contribution in [0.25, 0.3) is 0 Å². The summed E-state index contributed by atoms with van der Waals surface area (Å²) in [5.41, 5.74) is 2.33. The number of rotatable bonds is 3. The van der Waals surface area contributed by atoms with E-state index in [2.05, 4.69) is 12.1 Å². The molecular formula is C16H18O2. The number of ketones is 1. The number of carbonyl (C=O) groups excluding carboxylic acids is 1. The Morgan fingerprint density at radius 3 is 2.56 bits per heavy atom. The van der Waals surface area contributed by atoms with Gasteiger partial charge in [0.2, 0.25) is 0 Å². The van der Waals surface area contributed by atoms with E-state index in [-0.39, 0.29) is 5.78 Å². The van der Waals surface area contributed by atoms with E-state index in [0.717, 1.165) is 17.7 Å². The van der Waals surface area contributed by atoms with Crippen molar-refractivity contribution in [2.24, 2.45) is 0 Å². The topological polar surface area (TPSA) is 26.3 Å². The van der Waals surface area contributed by atoms with E-state index >= 15 is 0 Å². The molecule has 18 heavy (non-hydrogen) atoms. The highest BCUT2D eigenvalue weighted by Crippen LogP contribution is 2.32. The molecule has 0 amide bonds. The normalized spacial score (nSPS) is 20.0. The van der Waals surface area contributed by atoms with Crippen molar-refractivity contribution in [2.45, 2.75) is 25.7 Å². The molecule has 0 saturated heterocycles. The minimum absolute atomic E-state index is 0.218. The third-order valence-electron chi connectivity index (χ3n) is 3.24. The van der Waals surface area contributed by atoms with Gasteiger partial charge in [0.05, 0.1) is 7.11 Å². The molecule has 0 N–H and O–H groups in total. The first kappa shape index (κ1) is 12.6. The standard InChI is InChI=1S/C16H18O2/c1-3-4-12-9-14(11-15(17)10-12)13-5-7-16(18-2)8-6-13/h3-8,10,14H,9,11H2,1-2H3/b4-3+/t14-/m1/s1. The molecule has 1 aliphatic rings. The van der Waals surface area contributed by atoms with Gasteiger partial charge in [-0.3, -0.25) is 4.79 Å². The van der Waals surface area contributed by atoms with Crippen molar-refractivity contribution >= 4 is 5.78 Å². The maximum absolute atomic E-state index is 11.7. The molecule has 1 aromatic rings. The van der Waals surface area contributed by atoms with Crippen LogP contribution in [0.5, 0.6) is 5.75 Å². The van der Waals surface area contributed by atoms with Crippen molar-refractivity contribution in [2.75, 3.05) is 7.11 Å². The molecule has 0 aliphatic heterocycles. The summed E-state index contributed by atoms with van der Waals surface area (Å²) < 4.78 is 5.15. The number of methoxy groups -OCH3 is 1. The Hall–Kier alpha value is -1.83. The molecule has 1 atom stereocenters. The van der Waals surface area contributed by atoms with Crippen LogP contribution in [0.4, 0.5) is 0 Å². The van der Waals surface area contributed by atoms with Crippen LogP contribution < -0.4 is 4.74 Å². The number of hydrogen-bond donors (Lipinski definition) is 0. The fourth-order valence-corrected chi connectivity index (χ4v) is 2.37. The molecule has 1 aliphatic carbocycles. The Morgan fingerprint density at radius 2 is 1.94 bits per heavy atom. The van der Waals surface area contributed by atoms with E-state index in [0.29, 0.717) is 12.3 Å². The molecule has 94 valence electrons. The number of allylic oxidation sites excluding steroid dienone is 4. The van der Waals surface area contributed by atoms with Gasteiger partial charge in [0.15, 0.2) is 5.78 Å². The molecule has 0 unspecified atom stereocenters. The van der Waals surface area contributed by atoms with Gasteiger partial charge in [-0.25, -0.2) is 0 Å². The summed E-state index contributed by atoms with van der Waals surface area (Å²) >= 11 is 0. The molecule has 0 heterocycles. The van der Waals surface area contributed by atoms with Crippen molar-refractivity contribution in [1.29, 1.82) is 0 Å². The van der Waals surface area contributed by atoms with Crippen molar-refractivity contribution in [3.05, 3.63) is 53.6 Å². The highest BCUT2D eigenvalue weighted by molar-refractivity contribution is 5.92. The van der Waals surface area contributed by atoms with Gasteiger partial charge in [-0.15, -0.1) is 0 Å². The van der Waals surface area contributed by atoms with Gasteiger partial charge in [0, 0.05) is 6.42 Å². The van der Waals surface area contributed by atoms with Crippen molar-refractivity contribution in [1.82, 2.24) is 0 Å². The van der Waals surface area contributed by atoms with Gasteiger partial charge in [0.1, 0.15) is 5.75 Å². The zero-order chi connectivity index (χ0) is 13.0. The molecule has 2 nitrogen and oxygen atoms in total. The third-order valence-corrected chi connectivity index (χ3v) is 3.24. The second kappa shape index (κ2) is 5.67. The van der Waals surface area contributed by atoms with Crippen LogP contribution >= 0.6 is 0 Å². The maximum Gasteiger partial charge on any atom is 0.156 e. The molecule has 0 spiro atoms. The second-order valence-electron chi connectivity index (χ2n) is 4.56. The quantitative estimate of drug-likeness (QED) is 0.808.